The second kappa shape index (κ2) is 9.06. The number of hydrogen-bond acceptors (Lipinski definition) is 3. The molecule has 6 rings (SSSR count). The first-order valence-electron chi connectivity index (χ1n) is 12.2. The number of carbonyl (C=O) groups excluding carboxylic acids is 1. The third-order valence-corrected chi connectivity index (χ3v) is 7.16. The van der Waals surface area contributed by atoms with Gasteiger partial charge < -0.3 is 4.90 Å². The maximum absolute atomic E-state index is 13.9. The third-order valence-electron chi connectivity index (χ3n) is 7.16. The molecule has 0 bridgehead atoms. The highest BCUT2D eigenvalue weighted by atomic mass is 19.3. The predicted molar refractivity (Wildman–Crippen MR) is 135 cm³/mol. The number of rotatable bonds is 4. The van der Waals surface area contributed by atoms with E-state index < -0.39 is 6.55 Å². The minimum Gasteiger partial charge on any atom is -0.339 e. The van der Waals surface area contributed by atoms with Crippen molar-refractivity contribution in [1.29, 1.82) is 0 Å². The van der Waals surface area contributed by atoms with Gasteiger partial charge in [-0.3, -0.25) is 14.0 Å². The highest BCUT2D eigenvalue weighted by Crippen LogP contribution is 2.34. The molecule has 0 spiro atoms. The number of fused-ring (bicyclic) bond motifs is 2. The molecule has 1 amide bonds. The summed E-state index contributed by atoms with van der Waals surface area (Å²) in [6, 6.07) is 18.6. The van der Waals surface area contributed by atoms with Crippen molar-refractivity contribution in [2.45, 2.75) is 25.3 Å². The fourth-order valence-electron chi connectivity index (χ4n) is 5.32. The molecule has 1 aliphatic rings. The summed E-state index contributed by atoms with van der Waals surface area (Å²) < 4.78 is 44.3. The van der Waals surface area contributed by atoms with Crippen LogP contribution in [0.25, 0.3) is 33.2 Å². The quantitative estimate of drug-likeness (QED) is 0.296. The number of hydrogen-bond donors (Lipinski definition) is 0. The fourth-order valence-corrected chi connectivity index (χ4v) is 5.32. The van der Waals surface area contributed by atoms with E-state index in [2.05, 4.69) is 10.1 Å². The summed E-state index contributed by atoms with van der Waals surface area (Å²) in [7, 11) is 1.79. The average molecular weight is 504 g/mol. The lowest BCUT2D eigenvalue weighted by molar-refractivity contribution is 0.0634. The van der Waals surface area contributed by atoms with Gasteiger partial charge in [0, 0.05) is 42.6 Å². The Morgan fingerprint density at radius 1 is 0.973 bits per heavy atom. The van der Waals surface area contributed by atoms with Crippen LogP contribution in [0.15, 0.2) is 66.7 Å². The normalized spacial score (nSPS) is 14.8. The van der Waals surface area contributed by atoms with Crippen molar-refractivity contribution in [2.24, 2.45) is 7.05 Å². The molecule has 6 nitrogen and oxygen atoms in total. The standard InChI is InChI=1S/C28H24F3N5O/c1-34-24-16-19(9-10-21(24)25(33-34)18-5-4-6-20(29)15-18)27(37)35-13-11-17(12-14-35)26-32-22-7-2-3-8-23(22)36(26)28(30)31/h2-10,15-17,28H,11-14H2,1H3. The van der Waals surface area contributed by atoms with Crippen LogP contribution in [-0.4, -0.2) is 43.2 Å². The van der Waals surface area contributed by atoms with Gasteiger partial charge in [0.2, 0.25) is 0 Å². The van der Waals surface area contributed by atoms with Gasteiger partial charge in [-0.05, 0) is 55.3 Å². The zero-order valence-corrected chi connectivity index (χ0v) is 20.1. The van der Waals surface area contributed by atoms with Crippen LogP contribution >= 0.6 is 0 Å². The Morgan fingerprint density at radius 2 is 1.76 bits per heavy atom. The van der Waals surface area contributed by atoms with Crippen molar-refractivity contribution < 1.29 is 18.0 Å². The summed E-state index contributed by atoms with van der Waals surface area (Å²) in [4.78, 5) is 19.6. The molecule has 0 atom stereocenters. The van der Waals surface area contributed by atoms with E-state index in [0.29, 0.717) is 59.6 Å². The number of para-hydroxylation sites is 2. The van der Waals surface area contributed by atoms with Gasteiger partial charge in [-0.1, -0.05) is 24.3 Å². The van der Waals surface area contributed by atoms with Gasteiger partial charge in [-0.15, -0.1) is 0 Å². The molecule has 0 aliphatic carbocycles. The lowest BCUT2D eigenvalue weighted by Crippen LogP contribution is -2.38. The first-order valence-corrected chi connectivity index (χ1v) is 12.2. The molecule has 1 saturated heterocycles. The van der Waals surface area contributed by atoms with E-state index >= 15 is 0 Å². The Hall–Kier alpha value is -4.14. The summed E-state index contributed by atoms with van der Waals surface area (Å²) in [5.74, 6) is -0.227. The highest BCUT2D eigenvalue weighted by Gasteiger charge is 2.30. The second-order valence-corrected chi connectivity index (χ2v) is 9.39. The monoisotopic (exact) mass is 503 g/mol. The van der Waals surface area contributed by atoms with Crippen LogP contribution in [0.3, 0.4) is 0 Å². The predicted octanol–water partition coefficient (Wildman–Crippen LogP) is 6.14. The molecular weight excluding hydrogens is 479 g/mol. The maximum Gasteiger partial charge on any atom is 0.320 e. The van der Waals surface area contributed by atoms with Crippen molar-refractivity contribution in [3.63, 3.8) is 0 Å². The van der Waals surface area contributed by atoms with E-state index in [4.69, 9.17) is 0 Å². The van der Waals surface area contributed by atoms with Crippen LogP contribution in [0.5, 0.6) is 0 Å². The van der Waals surface area contributed by atoms with Crippen molar-refractivity contribution in [1.82, 2.24) is 24.2 Å². The molecule has 3 heterocycles. The van der Waals surface area contributed by atoms with E-state index in [0.717, 1.165) is 15.5 Å². The summed E-state index contributed by atoms with van der Waals surface area (Å²) in [5, 5.41) is 5.38. The van der Waals surface area contributed by atoms with Crippen molar-refractivity contribution in [3.05, 3.63) is 83.9 Å². The Morgan fingerprint density at radius 3 is 2.51 bits per heavy atom. The molecule has 1 aliphatic heterocycles. The SMILES string of the molecule is Cn1nc(-c2cccc(F)c2)c2ccc(C(=O)N3CCC(c4nc5ccccc5n4C(F)F)CC3)cc21. The number of imidazole rings is 1. The molecule has 9 heteroatoms. The Balaban J connectivity index is 1.23. The largest absolute Gasteiger partial charge is 0.339 e. The number of alkyl halides is 2. The summed E-state index contributed by atoms with van der Waals surface area (Å²) in [6.07, 6.45) is 1.11. The number of amides is 1. The number of piperidine rings is 1. The zero-order chi connectivity index (χ0) is 25.7. The Labute approximate surface area is 210 Å². The number of nitrogens with zero attached hydrogens (tertiary/aromatic N) is 5. The van der Waals surface area contributed by atoms with Crippen molar-refractivity contribution in [3.8, 4) is 11.3 Å². The van der Waals surface area contributed by atoms with Gasteiger partial charge in [0.25, 0.3) is 5.91 Å². The molecule has 5 aromatic rings. The van der Waals surface area contributed by atoms with E-state index in [-0.39, 0.29) is 17.6 Å². The molecule has 2 aromatic heterocycles. The molecular formula is C28H24F3N5O. The first kappa shape index (κ1) is 23.3. The van der Waals surface area contributed by atoms with Gasteiger partial charge in [-0.25, -0.2) is 9.37 Å². The number of aromatic nitrogens is 4. The minimum absolute atomic E-state index is 0.115. The van der Waals surface area contributed by atoms with Gasteiger partial charge in [0.1, 0.15) is 17.3 Å². The average Bonchev–Trinajstić information content (AvgIpc) is 3.46. The number of benzene rings is 3. The van der Waals surface area contributed by atoms with Crippen LogP contribution in [-0.2, 0) is 7.05 Å². The number of aryl methyl sites for hydroxylation is 1. The van der Waals surface area contributed by atoms with Crippen molar-refractivity contribution >= 4 is 27.8 Å². The fraction of sp³-hybridized carbons (Fsp3) is 0.250. The van der Waals surface area contributed by atoms with Crippen molar-refractivity contribution in [2.75, 3.05) is 13.1 Å². The molecule has 0 unspecified atom stereocenters. The van der Waals surface area contributed by atoms with E-state index in [9.17, 15) is 18.0 Å². The van der Waals surface area contributed by atoms with E-state index in [1.807, 2.05) is 6.07 Å². The highest BCUT2D eigenvalue weighted by molar-refractivity contribution is 6.01. The van der Waals surface area contributed by atoms with Gasteiger partial charge >= 0.3 is 6.55 Å². The lowest BCUT2D eigenvalue weighted by Gasteiger charge is -2.32. The molecule has 188 valence electrons. The van der Waals surface area contributed by atoms with Crippen LogP contribution in [0, 0.1) is 5.82 Å². The van der Waals surface area contributed by atoms with Crippen LogP contribution < -0.4 is 0 Å². The number of halogens is 3. The van der Waals surface area contributed by atoms with Gasteiger partial charge in [0.05, 0.1) is 16.6 Å². The third kappa shape index (κ3) is 4.04. The second-order valence-electron chi connectivity index (χ2n) is 9.39. The van der Waals surface area contributed by atoms with Gasteiger partial charge in [-0.2, -0.15) is 13.9 Å². The van der Waals surface area contributed by atoms with E-state index in [1.165, 1.54) is 12.1 Å². The summed E-state index contributed by atoms with van der Waals surface area (Å²) in [6.45, 7) is -1.77. The van der Waals surface area contributed by atoms with Crippen LogP contribution in [0.4, 0.5) is 13.2 Å². The number of likely N-dealkylation sites (tertiary alicyclic amines) is 1. The lowest BCUT2D eigenvalue weighted by atomic mass is 9.95. The van der Waals surface area contributed by atoms with Crippen LogP contribution in [0.2, 0.25) is 0 Å². The summed E-state index contributed by atoms with van der Waals surface area (Å²) in [5.41, 5.74) is 3.59. The van der Waals surface area contributed by atoms with Gasteiger partial charge in [0.15, 0.2) is 0 Å². The van der Waals surface area contributed by atoms with Crippen LogP contribution in [0.1, 0.15) is 41.5 Å². The zero-order valence-electron chi connectivity index (χ0n) is 20.1. The maximum atomic E-state index is 13.9. The Kier molecular flexibility index (Phi) is 5.70. The number of carbonyl (C=O) groups is 1. The molecule has 37 heavy (non-hydrogen) atoms. The topological polar surface area (TPSA) is 56.0 Å². The minimum atomic E-state index is -2.68. The molecule has 0 saturated carbocycles. The summed E-state index contributed by atoms with van der Waals surface area (Å²) >= 11 is 0. The smallest absolute Gasteiger partial charge is 0.320 e. The molecule has 3 aromatic carbocycles. The molecule has 1 fully saturated rings. The molecule has 0 radical (unpaired) electrons. The first-order chi connectivity index (χ1) is 17.9. The van der Waals surface area contributed by atoms with E-state index in [1.54, 1.807) is 65.2 Å². The Bertz CT molecular complexity index is 1630. The molecule has 0 N–H and O–H groups in total.